The van der Waals surface area contributed by atoms with Crippen LogP contribution in [0.3, 0.4) is 0 Å². The third kappa shape index (κ3) is 4.98. The van der Waals surface area contributed by atoms with Gasteiger partial charge in [0.05, 0.1) is 7.11 Å². The molecule has 3 N–H and O–H groups in total. The molecule has 0 spiro atoms. The first kappa shape index (κ1) is 24.7. The number of aromatic hydroxyl groups is 2. The lowest BCUT2D eigenvalue weighted by Gasteiger charge is -2.33. The molecule has 4 aromatic rings. The first-order valence-corrected chi connectivity index (χ1v) is 11.3. The van der Waals surface area contributed by atoms with Crippen LogP contribution in [0.1, 0.15) is 36.2 Å². The van der Waals surface area contributed by atoms with Crippen molar-refractivity contribution in [3.05, 3.63) is 82.0 Å². The van der Waals surface area contributed by atoms with Gasteiger partial charge in [-0.25, -0.2) is 4.79 Å². The van der Waals surface area contributed by atoms with Gasteiger partial charge < -0.3 is 29.2 Å². The van der Waals surface area contributed by atoms with E-state index in [4.69, 9.17) is 19.0 Å². The molecule has 0 bridgehead atoms. The molecule has 1 aliphatic rings. The van der Waals surface area contributed by atoms with E-state index in [1.165, 1.54) is 25.3 Å². The van der Waals surface area contributed by atoms with Crippen LogP contribution in [-0.2, 0) is 6.42 Å². The summed E-state index contributed by atoms with van der Waals surface area (Å²) in [7, 11) is 1.49. The predicted octanol–water partition coefficient (Wildman–Crippen LogP) is 5.37. The number of phenols is 2. The molecule has 0 amide bonds. The molecule has 1 aliphatic heterocycles. The van der Waals surface area contributed by atoms with Crippen LogP contribution < -0.4 is 14.9 Å². The average Bonchev–Trinajstić information content (AvgIpc) is 2.82. The Kier molecular flexibility index (Phi) is 6.61. The third-order valence-electron chi connectivity index (χ3n) is 5.87. The number of benzene rings is 3. The topological polar surface area (TPSA) is 126 Å². The Labute approximate surface area is 207 Å². The maximum atomic E-state index is 12.0. The molecule has 2 heterocycles. The smallest absolute Gasteiger partial charge is 0.339 e. The highest BCUT2D eigenvalue weighted by Gasteiger charge is 2.30. The van der Waals surface area contributed by atoms with Gasteiger partial charge in [0.15, 0.2) is 5.43 Å². The van der Waals surface area contributed by atoms with E-state index in [9.17, 15) is 19.8 Å². The maximum Gasteiger partial charge on any atom is 0.339 e. The van der Waals surface area contributed by atoms with Gasteiger partial charge >= 0.3 is 5.97 Å². The molecule has 5 rings (SSSR count). The Morgan fingerprint density at radius 2 is 1.75 bits per heavy atom. The highest BCUT2D eigenvalue weighted by atomic mass is 16.5. The molecule has 3 aromatic carbocycles. The zero-order chi connectivity index (χ0) is 26.0. The van der Waals surface area contributed by atoms with Crippen molar-refractivity contribution in [3.63, 3.8) is 0 Å². The zero-order valence-electron chi connectivity index (χ0n) is 20.1. The number of fused-ring (bicyclic) bond motifs is 2. The first-order chi connectivity index (χ1) is 17.1. The summed E-state index contributed by atoms with van der Waals surface area (Å²) in [5.41, 5.74) is 1.40. The van der Waals surface area contributed by atoms with Crippen LogP contribution in [0, 0.1) is 0 Å². The Morgan fingerprint density at radius 1 is 1.03 bits per heavy atom. The largest absolute Gasteiger partial charge is 0.508 e. The van der Waals surface area contributed by atoms with E-state index in [0.29, 0.717) is 11.5 Å². The fourth-order valence-corrected chi connectivity index (χ4v) is 4.12. The van der Waals surface area contributed by atoms with Crippen LogP contribution in [-0.4, -0.2) is 34.0 Å². The van der Waals surface area contributed by atoms with Crippen molar-refractivity contribution in [2.75, 3.05) is 7.11 Å². The normalized spacial score (nSPS) is 13.6. The monoisotopic (exact) mass is 490 g/mol. The summed E-state index contributed by atoms with van der Waals surface area (Å²) >= 11 is 0. The minimum absolute atomic E-state index is 0.0671. The molecule has 0 radical (unpaired) electrons. The highest BCUT2D eigenvalue weighted by molar-refractivity contribution is 5.92. The molecule has 1 aromatic heterocycles. The van der Waals surface area contributed by atoms with Crippen LogP contribution in [0.5, 0.6) is 23.0 Å². The number of carboxylic acid groups (broad SMARTS) is 1. The molecule has 0 saturated carbocycles. The second-order valence-corrected chi connectivity index (χ2v) is 8.97. The second-order valence-electron chi connectivity index (χ2n) is 8.97. The minimum atomic E-state index is -0.977. The molecule has 0 fully saturated rings. The van der Waals surface area contributed by atoms with Crippen LogP contribution in [0.25, 0.3) is 22.3 Å². The van der Waals surface area contributed by atoms with Crippen molar-refractivity contribution < 1.29 is 34.0 Å². The van der Waals surface area contributed by atoms with E-state index in [-0.39, 0.29) is 39.1 Å². The maximum absolute atomic E-state index is 12.0. The predicted molar refractivity (Wildman–Crippen MR) is 134 cm³/mol. The Bertz CT molecular complexity index is 1490. The quantitative estimate of drug-likeness (QED) is 0.350. The lowest BCUT2D eigenvalue weighted by atomic mass is 9.92. The summed E-state index contributed by atoms with van der Waals surface area (Å²) in [5.74, 6) is 0.118. The molecular formula is C28H26O8. The number of rotatable bonds is 3. The van der Waals surface area contributed by atoms with Gasteiger partial charge in [0, 0.05) is 29.3 Å². The number of ether oxygens (including phenoxy) is 2. The summed E-state index contributed by atoms with van der Waals surface area (Å²) in [6.07, 6.45) is 1.62. The number of carbonyl (C=O) groups is 1. The third-order valence-corrected chi connectivity index (χ3v) is 5.87. The lowest BCUT2D eigenvalue weighted by molar-refractivity contribution is 0.0690. The van der Waals surface area contributed by atoms with Crippen molar-refractivity contribution in [2.45, 2.75) is 32.3 Å². The number of phenolic OH excluding ortho intramolecular Hbond substituents is 2. The standard InChI is InChI=1S/C15H10O4.C13H16O4/c16-10-6-11(17)15-12(18)8-13(19-14(15)7-10)9-4-2-1-3-5-9;1-13(2)7-6-8-10(17-13)5-4-9(12(14)15)11(8)16-3/h1-8,16-17H;4-5H,6-7H2,1-3H3,(H,14,15). The SMILES string of the molecule is COc1c(C(=O)O)ccc2c1CCC(C)(C)O2.O=c1cc(-c2ccccc2)oc2cc(O)cc(O)c12. The second kappa shape index (κ2) is 9.65. The molecule has 8 heteroatoms. The molecule has 0 unspecified atom stereocenters. The fourth-order valence-electron chi connectivity index (χ4n) is 4.12. The fraction of sp³-hybridized carbons (Fsp3) is 0.214. The summed E-state index contributed by atoms with van der Waals surface area (Å²) < 4.78 is 16.6. The van der Waals surface area contributed by atoms with Crippen molar-refractivity contribution in [3.8, 4) is 34.3 Å². The van der Waals surface area contributed by atoms with E-state index in [2.05, 4.69) is 0 Å². The van der Waals surface area contributed by atoms with Crippen LogP contribution >= 0.6 is 0 Å². The van der Waals surface area contributed by atoms with E-state index in [1.54, 1.807) is 6.07 Å². The Hall–Kier alpha value is -4.46. The van der Waals surface area contributed by atoms with Crippen LogP contribution in [0.2, 0.25) is 0 Å². The summed E-state index contributed by atoms with van der Waals surface area (Å²) in [4.78, 5) is 23.1. The molecule has 0 atom stereocenters. The minimum Gasteiger partial charge on any atom is -0.508 e. The molecule has 0 aliphatic carbocycles. The van der Waals surface area contributed by atoms with Crippen molar-refractivity contribution in [1.82, 2.24) is 0 Å². The van der Waals surface area contributed by atoms with Crippen molar-refractivity contribution >= 4 is 16.9 Å². The van der Waals surface area contributed by atoms with Gasteiger partial charge in [0.2, 0.25) is 0 Å². The first-order valence-electron chi connectivity index (χ1n) is 11.3. The summed E-state index contributed by atoms with van der Waals surface area (Å²) in [6, 6.07) is 16.1. The number of hydrogen-bond acceptors (Lipinski definition) is 7. The Morgan fingerprint density at radius 3 is 2.42 bits per heavy atom. The van der Waals surface area contributed by atoms with Gasteiger partial charge in [0.1, 0.15) is 50.9 Å². The van der Waals surface area contributed by atoms with Gasteiger partial charge in [-0.15, -0.1) is 0 Å². The van der Waals surface area contributed by atoms with Gasteiger partial charge in [-0.3, -0.25) is 4.79 Å². The van der Waals surface area contributed by atoms with Gasteiger partial charge in [0.25, 0.3) is 0 Å². The van der Waals surface area contributed by atoms with E-state index >= 15 is 0 Å². The molecular weight excluding hydrogens is 464 g/mol. The van der Waals surface area contributed by atoms with Crippen molar-refractivity contribution in [2.24, 2.45) is 0 Å². The van der Waals surface area contributed by atoms with Crippen LogP contribution in [0.15, 0.2) is 69.9 Å². The van der Waals surface area contributed by atoms with E-state index < -0.39 is 5.97 Å². The number of aromatic carboxylic acids is 1. The number of hydrogen-bond donors (Lipinski definition) is 3. The average molecular weight is 491 g/mol. The molecule has 186 valence electrons. The molecule has 0 saturated heterocycles. The molecule has 8 nitrogen and oxygen atoms in total. The molecule has 36 heavy (non-hydrogen) atoms. The van der Waals surface area contributed by atoms with E-state index in [1.807, 2.05) is 44.2 Å². The van der Waals surface area contributed by atoms with Crippen molar-refractivity contribution in [1.29, 1.82) is 0 Å². The summed E-state index contributed by atoms with van der Waals surface area (Å²) in [6.45, 7) is 4.04. The number of methoxy groups -OCH3 is 1. The van der Waals surface area contributed by atoms with E-state index in [0.717, 1.165) is 35.8 Å². The lowest BCUT2D eigenvalue weighted by Crippen LogP contribution is -2.32. The van der Waals surface area contributed by atoms with Gasteiger partial charge in [-0.05, 0) is 38.8 Å². The zero-order valence-corrected chi connectivity index (χ0v) is 20.1. The highest BCUT2D eigenvalue weighted by Crippen LogP contribution is 2.40. The summed E-state index contributed by atoms with van der Waals surface area (Å²) in [5, 5.41) is 28.3. The van der Waals surface area contributed by atoms with Gasteiger partial charge in [-0.1, -0.05) is 30.3 Å². The van der Waals surface area contributed by atoms with Gasteiger partial charge in [-0.2, -0.15) is 0 Å². The number of carboxylic acids is 1. The van der Waals surface area contributed by atoms with Crippen LogP contribution in [0.4, 0.5) is 0 Å². The Balaban J connectivity index is 0.000000170.